The van der Waals surface area contributed by atoms with Gasteiger partial charge in [-0.1, -0.05) is 18.2 Å². The summed E-state index contributed by atoms with van der Waals surface area (Å²) in [6, 6.07) is 20.6. The maximum atomic E-state index is 13.9. The number of nitrogens with one attached hydrogen (secondary N) is 2. The molecular weight excluding hydrogens is 1360 g/mol. The van der Waals surface area contributed by atoms with E-state index in [2.05, 4.69) is 63.7 Å². The number of Topliss-reactive ketones (excluding diaryl/α,β-unsaturated/α-hetero) is 1. The number of aromatic nitrogens is 7. The average molecular weight is 1450 g/mol. The van der Waals surface area contributed by atoms with Crippen molar-refractivity contribution in [1.82, 2.24) is 48.3 Å². The van der Waals surface area contributed by atoms with Crippen LogP contribution in [0.3, 0.4) is 0 Å². The van der Waals surface area contributed by atoms with Crippen LogP contribution in [0.1, 0.15) is 99.8 Å². The number of hydrogen-bond acceptors (Lipinski definition) is 21. The number of morpholine rings is 3. The van der Waals surface area contributed by atoms with E-state index in [1.165, 1.54) is 50.7 Å². The monoisotopic (exact) mass is 1450 g/mol. The smallest absolute Gasteiger partial charge is 0.412 e. The molecule has 13 rings (SSSR count). The Hall–Kier alpha value is -10.6. The zero-order valence-corrected chi connectivity index (χ0v) is 60.4. The number of aromatic carboxylic acids is 1. The Morgan fingerprint density at radius 1 is 0.514 bits per heavy atom. The number of anilines is 3. The summed E-state index contributed by atoms with van der Waals surface area (Å²) in [5.74, 6) is -2.81. The van der Waals surface area contributed by atoms with Crippen molar-refractivity contribution in [1.29, 1.82) is 0 Å². The van der Waals surface area contributed by atoms with Gasteiger partial charge in [-0.2, -0.15) is 0 Å². The van der Waals surface area contributed by atoms with Crippen molar-refractivity contribution in [3.05, 3.63) is 179 Å². The fraction of sp³-hybridized carbons (Fsp3) is 0.395. The van der Waals surface area contributed by atoms with Crippen LogP contribution in [0.25, 0.3) is 39.2 Å². The summed E-state index contributed by atoms with van der Waals surface area (Å²) in [5.41, 5.74) is 11.7. The minimum absolute atomic E-state index is 0.0175. The first-order valence-corrected chi connectivity index (χ1v) is 34.5. The van der Waals surface area contributed by atoms with Gasteiger partial charge in [0, 0.05) is 156 Å². The minimum Gasteiger partial charge on any atom is -0.478 e. The number of carboxylic acids is 1. The Bertz CT molecular complexity index is 4510. The second-order valence-corrected chi connectivity index (χ2v) is 26.8. The summed E-state index contributed by atoms with van der Waals surface area (Å²) in [6.07, 6.45) is 15.5. The Morgan fingerprint density at radius 3 is 1.37 bits per heavy atom. The lowest BCUT2D eigenvalue weighted by Crippen LogP contribution is -2.38. The molecule has 2 amide bonds. The molecule has 3 fully saturated rings. The SMILES string of the molecule is CC(C)(C)OC(=O)Nc1cc(F)ccc1CC(=O)c1cnc2c(ccn2CCN2CCOCC2)c1.CC(C)(C)OC(=O)Nc1cc(F)ccc1N.COC(=O)c1cnc2c(c1)C=CC2.COC(=O)c1cnc2c(ccn2CCN2CCOCC2)c1.O=C(O)c1cnc2c(ccn2CCN2CCOCC2)c1. The molecule has 558 valence electrons. The highest BCUT2D eigenvalue weighted by atomic mass is 19.1. The normalized spacial score (nSPS) is 14.6. The van der Waals surface area contributed by atoms with Gasteiger partial charge in [-0.3, -0.25) is 35.1 Å². The number of fused-ring (bicyclic) bond motifs is 4. The van der Waals surface area contributed by atoms with E-state index in [1.807, 2.05) is 61.1 Å². The number of halogens is 2. The van der Waals surface area contributed by atoms with Gasteiger partial charge in [0.05, 0.1) is 93.3 Å². The molecule has 0 saturated carbocycles. The molecule has 0 spiro atoms. The number of ketones is 1. The molecule has 0 unspecified atom stereocenters. The van der Waals surface area contributed by atoms with Crippen LogP contribution in [0.2, 0.25) is 0 Å². The third-order valence-corrected chi connectivity index (χ3v) is 16.8. The Kier molecular flexibility index (Phi) is 27.9. The first-order chi connectivity index (χ1) is 50.3. The Morgan fingerprint density at radius 2 is 0.914 bits per heavy atom. The lowest BCUT2D eigenvalue weighted by molar-refractivity contribution is 0.0364. The summed E-state index contributed by atoms with van der Waals surface area (Å²) in [7, 11) is 2.74. The highest BCUT2D eigenvalue weighted by molar-refractivity contribution is 6.01. The quantitative estimate of drug-likeness (QED) is 0.0285. The van der Waals surface area contributed by atoms with Crippen LogP contribution in [0.5, 0.6) is 0 Å². The zero-order valence-electron chi connectivity index (χ0n) is 60.4. The molecule has 0 atom stereocenters. The number of nitrogens with two attached hydrogens (primary N) is 1. The van der Waals surface area contributed by atoms with Gasteiger partial charge in [-0.15, -0.1) is 0 Å². The van der Waals surface area contributed by atoms with Gasteiger partial charge < -0.3 is 57.7 Å². The van der Waals surface area contributed by atoms with E-state index in [9.17, 15) is 37.5 Å². The third-order valence-electron chi connectivity index (χ3n) is 16.8. The number of hydrogen-bond donors (Lipinski definition) is 4. The topological polar surface area (TPSA) is 313 Å². The maximum absolute atomic E-state index is 13.9. The molecule has 3 saturated heterocycles. The standard InChI is InChI=1S/C26H31FN4O4.C15H19N3O3.C14H17N3O3.C11H15FN2O2.C10H9NO2/c1-26(2,3)35-25(33)29-22-16-21(27)5-4-18(22)15-23(32)20-14-19-6-7-31(24(19)28-17-20)9-8-30-10-12-34-13-11-30;1-20-15(19)13-10-12-2-3-18(14(12)16-11-13)5-4-17-6-8-21-9-7-17;18-14(19)12-9-11-1-2-17(13(11)15-10-12)4-3-16-5-7-20-8-6-16;1-11(2,3)16-10(15)14-9-6-7(12)4-5-8(9)13;1-13-10(12)8-5-7-3-2-4-9(7)11-6-8/h4-7,14,16-17H,8-13,15H2,1-3H3,(H,29,33);2-3,10-11H,4-9H2,1H3;1-2,9-10H,3-8H2,(H,18,19);4-6H,13H2,1-3H3,(H,14,15);2-3,5-6H,4H2,1H3. The number of carbonyl (C=O) groups is 6. The maximum Gasteiger partial charge on any atom is 0.412 e. The molecular formula is C76H91F2N13O14. The average Bonchev–Trinajstić information content (AvgIpc) is 1.71. The van der Waals surface area contributed by atoms with Gasteiger partial charge in [0.25, 0.3) is 0 Å². The molecule has 29 heteroatoms. The molecule has 10 heterocycles. The highest BCUT2D eigenvalue weighted by Crippen LogP contribution is 2.26. The Balaban J connectivity index is 0.000000159. The lowest BCUT2D eigenvalue weighted by atomic mass is 10.0. The van der Waals surface area contributed by atoms with Crippen molar-refractivity contribution in [2.75, 3.05) is 129 Å². The molecule has 3 aliphatic heterocycles. The van der Waals surface area contributed by atoms with Crippen LogP contribution in [-0.4, -0.2) is 213 Å². The van der Waals surface area contributed by atoms with Crippen LogP contribution in [0.15, 0.2) is 128 Å². The van der Waals surface area contributed by atoms with Crippen molar-refractivity contribution in [2.45, 2.75) is 85.2 Å². The van der Waals surface area contributed by atoms with E-state index < -0.39 is 41.0 Å². The molecule has 0 bridgehead atoms. The lowest BCUT2D eigenvalue weighted by Gasteiger charge is -2.26. The number of benzene rings is 2. The predicted molar refractivity (Wildman–Crippen MR) is 393 cm³/mol. The number of esters is 2. The molecule has 5 N–H and O–H groups in total. The zero-order chi connectivity index (χ0) is 75.2. The number of carboxylic acid groups (broad SMARTS) is 1. The summed E-state index contributed by atoms with van der Waals surface area (Å²) < 4.78 is 68.7. The summed E-state index contributed by atoms with van der Waals surface area (Å²) in [4.78, 5) is 94.6. The largest absolute Gasteiger partial charge is 0.478 e. The predicted octanol–water partition coefficient (Wildman–Crippen LogP) is 10.7. The van der Waals surface area contributed by atoms with Crippen molar-refractivity contribution in [2.24, 2.45) is 0 Å². The number of ether oxygens (including phenoxy) is 7. The van der Waals surface area contributed by atoms with Gasteiger partial charge >= 0.3 is 30.1 Å². The molecule has 105 heavy (non-hydrogen) atoms. The van der Waals surface area contributed by atoms with E-state index in [0.717, 1.165) is 175 Å². The van der Waals surface area contributed by atoms with Crippen LogP contribution < -0.4 is 16.4 Å². The first kappa shape index (κ1) is 78.6. The third kappa shape index (κ3) is 23.7. The second-order valence-electron chi connectivity index (χ2n) is 26.8. The Labute approximate surface area is 607 Å². The number of pyridine rings is 4. The number of carbonyl (C=O) groups excluding carboxylic acids is 5. The van der Waals surface area contributed by atoms with Crippen LogP contribution in [-0.2, 0) is 65.6 Å². The van der Waals surface area contributed by atoms with Gasteiger partial charge in [-0.25, -0.2) is 47.7 Å². The van der Waals surface area contributed by atoms with E-state index in [4.69, 9.17) is 39.3 Å². The van der Waals surface area contributed by atoms with Gasteiger partial charge in [0.2, 0.25) is 0 Å². The van der Waals surface area contributed by atoms with Crippen LogP contribution in [0.4, 0.5) is 35.4 Å². The second kappa shape index (κ2) is 37.2. The van der Waals surface area contributed by atoms with E-state index >= 15 is 0 Å². The highest BCUT2D eigenvalue weighted by Gasteiger charge is 2.23. The van der Waals surface area contributed by atoms with Crippen molar-refractivity contribution in [3.63, 3.8) is 0 Å². The van der Waals surface area contributed by atoms with Gasteiger partial charge in [0.15, 0.2) is 5.78 Å². The van der Waals surface area contributed by atoms with Crippen molar-refractivity contribution in [3.8, 4) is 0 Å². The number of nitrogens with zero attached hydrogens (tertiary/aromatic N) is 10. The number of allylic oxidation sites excluding steroid dienone is 1. The summed E-state index contributed by atoms with van der Waals surface area (Å²) in [5, 5.41) is 16.6. The van der Waals surface area contributed by atoms with Crippen molar-refractivity contribution < 1.29 is 75.8 Å². The molecule has 2 aromatic carbocycles. The van der Waals surface area contributed by atoms with E-state index in [-0.39, 0.29) is 46.8 Å². The summed E-state index contributed by atoms with van der Waals surface area (Å²) in [6.45, 7) is 26.3. The van der Waals surface area contributed by atoms with Crippen LogP contribution in [0, 0.1) is 11.6 Å². The van der Waals surface area contributed by atoms with Gasteiger partial charge in [0.1, 0.15) is 39.8 Å². The minimum atomic E-state index is -0.944. The molecule has 7 aromatic heterocycles. The number of rotatable bonds is 17. The molecule has 0 radical (unpaired) electrons. The van der Waals surface area contributed by atoms with E-state index in [0.29, 0.717) is 22.3 Å². The number of amides is 2. The fourth-order valence-corrected chi connectivity index (χ4v) is 11.4. The van der Waals surface area contributed by atoms with Crippen LogP contribution >= 0.6 is 0 Å². The number of nitrogen functional groups attached to an aromatic ring is 1. The van der Waals surface area contributed by atoms with Gasteiger partial charge in [-0.05, 0) is 125 Å². The summed E-state index contributed by atoms with van der Waals surface area (Å²) >= 11 is 0. The fourth-order valence-electron chi connectivity index (χ4n) is 11.4. The first-order valence-electron chi connectivity index (χ1n) is 34.5. The molecule has 27 nitrogen and oxygen atoms in total. The van der Waals surface area contributed by atoms with Crippen molar-refractivity contribution >= 4 is 92.1 Å². The van der Waals surface area contributed by atoms with E-state index in [1.54, 1.807) is 72.3 Å². The molecule has 9 aromatic rings. The molecule has 1 aliphatic carbocycles. The number of methoxy groups -OCH3 is 2. The molecule has 4 aliphatic rings.